The normalized spacial score (nSPS) is 18.7. The number of benzene rings is 1. The summed E-state index contributed by atoms with van der Waals surface area (Å²) < 4.78 is 17.2. The van der Waals surface area contributed by atoms with Gasteiger partial charge in [-0.2, -0.15) is 0 Å². The van der Waals surface area contributed by atoms with E-state index in [1.54, 1.807) is 6.26 Å². The van der Waals surface area contributed by atoms with Crippen LogP contribution in [0.15, 0.2) is 34.9 Å². The third-order valence-electron chi connectivity index (χ3n) is 4.98. The van der Waals surface area contributed by atoms with E-state index in [-0.39, 0.29) is 6.04 Å². The van der Waals surface area contributed by atoms with Crippen LogP contribution in [0.4, 0.5) is 0 Å². The number of nitrogens with one attached hydrogen (secondary N) is 1. The topological polar surface area (TPSA) is 46.9 Å². The fourth-order valence-electron chi connectivity index (χ4n) is 3.68. The molecule has 2 aliphatic heterocycles. The Kier molecular flexibility index (Phi) is 5.68. The average molecular weight is 377 g/mol. The molecule has 4 rings (SSSR count). The average Bonchev–Trinajstić information content (AvgIpc) is 3.30. The lowest BCUT2D eigenvalue weighted by Gasteiger charge is -2.26. The second kappa shape index (κ2) is 8.33. The van der Waals surface area contributed by atoms with Crippen LogP contribution < -0.4 is 14.8 Å². The lowest BCUT2D eigenvalue weighted by atomic mass is 10.1. The smallest absolute Gasteiger partial charge is 0.179 e. The molecule has 1 N–H and O–H groups in total. The van der Waals surface area contributed by atoms with Crippen molar-refractivity contribution < 1.29 is 13.9 Å². The minimum atomic E-state index is 0.267. The number of hydrogen-bond donors (Lipinski definition) is 1. The zero-order valence-electron chi connectivity index (χ0n) is 14.9. The van der Waals surface area contributed by atoms with Gasteiger partial charge < -0.3 is 19.2 Å². The summed E-state index contributed by atoms with van der Waals surface area (Å²) in [4.78, 5) is 2.49. The minimum absolute atomic E-state index is 0.267. The van der Waals surface area contributed by atoms with Crippen LogP contribution in [-0.2, 0) is 6.54 Å². The molecule has 0 spiro atoms. The zero-order chi connectivity index (χ0) is 17.8. The standard InChI is InChI=1S/C20H25ClN2O3/c21-16-11-15(12-19-20(16)26-10-4-9-25-19)13-22-14-17(18-5-3-8-24-18)23-6-1-2-7-23/h3,5,8,11-12,17,22H,1-2,4,6-7,9-10,13-14H2. The van der Waals surface area contributed by atoms with E-state index in [1.807, 2.05) is 18.2 Å². The van der Waals surface area contributed by atoms with Gasteiger partial charge in [0.25, 0.3) is 0 Å². The molecule has 0 bridgehead atoms. The third-order valence-corrected chi connectivity index (χ3v) is 5.26. The Labute approximate surface area is 159 Å². The van der Waals surface area contributed by atoms with Gasteiger partial charge in [0, 0.05) is 19.5 Å². The van der Waals surface area contributed by atoms with Gasteiger partial charge in [-0.05, 0) is 55.8 Å². The van der Waals surface area contributed by atoms with Gasteiger partial charge >= 0.3 is 0 Å². The van der Waals surface area contributed by atoms with Crippen molar-refractivity contribution in [2.75, 3.05) is 32.8 Å². The highest BCUT2D eigenvalue weighted by molar-refractivity contribution is 6.32. The SMILES string of the molecule is Clc1cc(CNCC(c2ccco2)N2CCCC2)cc2c1OCCCO2. The van der Waals surface area contributed by atoms with Crippen molar-refractivity contribution in [1.82, 2.24) is 10.2 Å². The number of furan rings is 1. The highest BCUT2D eigenvalue weighted by Crippen LogP contribution is 2.38. The molecule has 1 aromatic heterocycles. The van der Waals surface area contributed by atoms with Gasteiger partial charge in [0.15, 0.2) is 11.5 Å². The van der Waals surface area contributed by atoms with Crippen molar-refractivity contribution in [2.45, 2.75) is 31.8 Å². The van der Waals surface area contributed by atoms with Gasteiger partial charge in [-0.1, -0.05) is 11.6 Å². The molecule has 6 heteroatoms. The first kappa shape index (κ1) is 17.7. The fourth-order valence-corrected chi connectivity index (χ4v) is 3.97. The van der Waals surface area contributed by atoms with Crippen molar-refractivity contribution in [3.05, 3.63) is 46.9 Å². The van der Waals surface area contributed by atoms with Gasteiger partial charge in [-0.15, -0.1) is 0 Å². The highest BCUT2D eigenvalue weighted by Gasteiger charge is 2.25. The maximum absolute atomic E-state index is 6.39. The number of likely N-dealkylation sites (tertiary alicyclic amines) is 1. The number of halogens is 1. The first-order chi connectivity index (χ1) is 12.8. The van der Waals surface area contributed by atoms with Gasteiger partial charge in [-0.25, -0.2) is 0 Å². The minimum Gasteiger partial charge on any atom is -0.489 e. The summed E-state index contributed by atoms with van der Waals surface area (Å²) in [6.07, 6.45) is 5.14. The van der Waals surface area contributed by atoms with E-state index >= 15 is 0 Å². The second-order valence-corrected chi connectivity index (χ2v) is 7.27. The molecule has 1 saturated heterocycles. The molecule has 3 heterocycles. The molecule has 140 valence electrons. The summed E-state index contributed by atoms with van der Waals surface area (Å²) >= 11 is 6.39. The summed E-state index contributed by atoms with van der Waals surface area (Å²) in [5, 5.41) is 4.17. The Hall–Kier alpha value is -1.69. The number of nitrogens with zero attached hydrogens (tertiary/aromatic N) is 1. The quantitative estimate of drug-likeness (QED) is 0.825. The molecule has 1 atom stereocenters. The Balaban J connectivity index is 1.41. The van der Waals surface area contributed by atoms with Gasteiger partial charge in [0.2, 0.25) is 0 Å². The summed E-state index contributed by atoms with van der Waals surface area (Å²) in [5.74, 6) is 2.43. The van der Waals surface area contributed by atoms with Crippen molar-refractivity contribution in [3.63, 3.8) is 0 Å². The molecule has 0 radical (unpaired) electrons. The Morgan fingerprint density at radius 2 is 1.96 bits per heavy atom. The van der Waals surface area contributed by atoms with Gasteiger partial charge in [-0.3, -0.25) is 4.90 Å². The monoisotopic (exact) mass is 376 g/mol. The molecular weight excluding hydrogens is 352 g/mol. The molecule has 2 aliphatic rings. The van der Waals surface area contributed by atoms with Gasteiger partial charge in [0.1, 0.15) is 5.76 Å². The lowest BCUT2D eigenvalue weighted by Crippen LogP contribution is -2.33. The number of fused-ring (bicyclic) bond motifs is 1. The van der Waals surface area contributed by atoms with Crippen molar-refractivity contribution in [2.24, 2.45) is 0 Å². The molecule has 26 heavy (non-hydrogen) atoms. The van der Waals surface area contributed by atoms with E-state index in [0.717, 1.165) is 49.7 Å². The van der Waals surface area contributed by atoms with Crippen LogP contribution in [0.1, 0.15) is 36.6 Å². The van der Waals surface area contributed by atoms with E-state index in [9.17, 15) is 0 Å². The van der Waals surface area contributed by atoms with Crippen molar-refractivity contribution in [3.8, 4) is 11.5 Å². The van der Waals surface area contributed by atoms with Crippen LogP contribution in [0.2, 0.25) is 5.02 Å². The van der Waals surface area contributed by atoms with E-state index in [0.29, 0.717) is 24.0 Å². The molecular formula is C20H25ClN2O3. The van der Waals surface area contributed by atoms with Crippen LogP contribution in [-0.4, -0.2) is 37.7 Å². The molecule has 2 aromatic rings. The predicted octanol–water partition coefficient (Wildman–Crippen LogP) is 4.02. The first-order valence-electron chi connectivity index (χ1n) is 9.37. The number of ether oxygens (including phenoxy) is 2. The fraction of sp³-hybridized carbons (Fsp3) is 0.500. The first-order valence-corrected chi connectivity index (χ1v) is 9.75. The lowest BCUT2D eigenvalue weighted by molar-refractivity contribution is 0.209. The van der Waals surface area contributed by atoms with Gasteiger partial charge in [0.05, 0.1) is 30.5 Å². The summed E-state index contributed by atoms with van der Waals surface area (Å²) in [5.41, 5.74) is 1.10. The third kappa shape index (κ3) is 4.00. The van der Waals surface area contributed by atoms with Crippen LogP contribution in [0, 0.1) is 0 Å². The predicted molar refractivity (Wildman–Crippen MR) is 101 cm³/mol. The molecule has 0 aliphatic carbocycles. The molecule has 0 amide bonds. The van der Waals surface area contributed by atoms with E-state index in [4.69, 9.17) is 25.5 Å². The van der Waals surface area contributed by atoms with Crippen LogP contribution >= 0.6 is 11.6 Å². The summed E-state index contributed by atoms with van der Waals surface area (Å²) in [6, 6.07) is 8.28. The van der Waals surface area contributed by atoms with Crippen LogP contribution in [0.5, 0.6) is 11.5 Å². The largest absolute Gasteiger partial charge is 0.489 e. The maximum atomic E-state index is 6.39. The molecule has 0 saturated carbocycles. The Morgan fingerprint density at radius 1 is 1.12 bits per heavy atom. The number of hydrogen-bond acceptors (Lipinski definition) is 5. The van der Waals surface area contributed by atoms with E-state index < -0.39 is 0 Å². The zero-order valence-corrected chi connectivity index (χ0v) is 15.6. The summed E-state index contributed by atoms with van der Waals surface area (Å²) in [7, 11) is 0. The van der Waals surface area contributed by atoms with E-state index in [1.165, 1.54) is 12.8 Å². The summed E-state index contributed by atoms with van der Waals surface area (Å²) in [6.45, 7) is 5.12. The molecule has 1 unspecified atom stereocenters. The molecule has 1 fully saturated rings. The Bertz CT molecular complexity index is 714. The van der Waals surface area contributed by atoms with Crippen molar-refractivity contribution >= 4 is 11.6 Å². The number of rotatable bonds is 6. The van der Waals surface area contributed by atoms with Crippen LogP contribution in [0.25, 0.3) is 0 Å². The van der Waals surface area contributed by atoms with Crippen LogP contribution in [0.3, 0.4) is 0 Å². The highest BCUT2D eigenvalue weighted by atomic mass is 35.5. The van der Waals surface area contributed by atoms with E-state index in [2.05, 4.69) is 16.3 Å². The maximum Gasteiger partial charge on any atom is 0.179 e. The van der Waals surface area contributed by atoms with Crippen molar-refractivity contribution in [1.29, 1.82) is 0 Å². The Morgan fingerprint density at radius 3 is 2.77 bits per heavy atom. The molecule has 1 aromatic carbocycles. The molecule has 5 nitrogen and oxygen atoms in total. The second-order valence-electron chi connectivity index (χ2n) is 6.86.